The zero-order valence-corrected chi connectivity index (χ0v) is 23.9. The molecular formula is C28H35ClF3N5O5. The van der Waals surface area contributed by atoms with Crippen LogP contribution in [0, 0.1) is 17.8 Å². The number of aromatic nitrogens is 3. The van der Waals surface area contributed by atoms with Crippen molar-refractivity contribution in [3.05, 3.63) is 39.9 Å². The quantitative estimate of drug-likeness (QED) is 0.444. The molecule has 0 spiro atoms. The zero-order valence-electron chi connectivity index (χ0n) is 23.1. The van der Waals surface area contributed by atoms with Crippen LogP contribution in [0.25, 0.3) is 0 Å². The molecule has 6 rings (SSSR count). The Bertz CT molecular complexity index is 1270. The minimum Gasteiger partial charge on any atom is -0.388 e. The van der Waals surface area contributed by atoms with Crippen molar-refractivity contribution in [2.75, 3.05) is 56.3 Å². The Labute approximate surface area is 246 Å². The zero-order chi connectivity index (χ0) is 29.3. The van der Waals surface area contributed by atoms with Crippen LogP contribution in [0.4, 0.5) is 24.5 Å². The topological polar surface area (TPSA) is 100.0 Å². The summed E-state index contributed by atoms with van der Waals surface area (Å²) in [5.41, 5.74) is 0.890. The molecule has 4 atom stereocenters. The highest BCUT2D eigenvalue weighted by molar-refractivity contribution is 6.32. The fraction of sp³-hybridized carbons (Fsp3) is 0.679. The van der Waals surface area contributed by atoms with Gasteiger partial charge in [0.25, 0.3) is 5.56 Å². The van der Waals surface area contributed by atoms with Gasteiger partial charge < -0.3 is 29.2 Å². The second-order valence-corrected chi connectivity index (χ2v) is 11.9. The standard InChI is InChI=1S/C28H35ClF3N5O5/c29-26-24(33-10-18-15-40-14-17-9-23(17)18)12-35-37(27(26)38)20-3-1-19(2-4-20)36(13-22-16-39-7-8-41-22)21-5-6-25(34-11-21)42-28(30,31)32/h5-6,11-12,17-20,22-23,33H,1-4,7-10,13-16H2/t17?,18-,19?,20?,22-,23-/m1/s1. The number of hydrogen-bond acceptors (Lipinski definition) is 9. The van der Waals surface area contributed by atoms with Crippen LogP contribution in [0.15, 0.2) is 29.3 Å². The van der Waals surface area contributed by atoms with E-state index in [4.69, 9.17) is 25.8 Å². The molecule has 0 bridgehead atoms. The number of alkyl halides is 3. The van der Waals surface area contributed by atoms with Crippen LogP contribution in [0.5, 0.6) is 5.88 Å². The molecule has 2 aromatic rings. The lowest BCUT2D eigenvalue weighted by atomic mass is 9.89. The highest BCUT2D eigenvalue weighted by Gasteiger charge is 2.45. The van der Waals surface area contributed by atoms with E-state index in [1.54, 1.807) is 12.3 Å². The summed E-state index contributed by atoms with van der Waals surface area (Å²) in [6.07, 6.45) is 2.06. The Kier molecular flexibility index (Phi) is 8.80. The van der Waals surface area contributed by atoms with E-state index in [0.29, 0.717) is 74.9 Å². The Hall–Kier alpha value is -2.61. The first-order chi connectivity index (χ1) is 20.2. The molecule has 1 unspecified atom stereocenters. The number of nitrogens with zero attached hydrogens (tertiary/aromatic N) is 4. The lowest BCUT2D eigenvalue weighted by Crippen LogP contribution is -2.46. The van der Waals surface area contributed by atoms with E-state index in [1.807, 2.05) is 0 Å². The van der Waals surface area contributed by atoms with Gasteiger partial charge in [0.1, 0.15) is 5.02 Å². The number of anilines is 2. The highest BCUT2D eigenvalue weighted by Crippen LogP contribution is 2.47. The summed E-state index contributed by atoms with van der Waals surface area (Å²) in [5.74, 6) is 1.25. The molecule has 0 amide bonds. The van der Waals surface area contributed by atoms with E-state index in [9.17, 15) is 18.0 Å². The van der Waals surface area contributed by atoms with Crippen molar-refractivity contribution < 1.29 is 32.1 Å². The summed E-state index contributed by atoms with van der Waals surface area (Å²) in [6.45, 7) is 4.20. The molecule has 2 aromatic heterocycles. The Morgan fingerprint density at radius 1 is 1.10 bits per heavy atom. The number of nitrogens with one attached hydrogen (secondary N) is 1. The predicted octanol–water partition coefficient (Wildman–Crippen LogP) is 4.29. The average Bonchev–Trinajstić information content (AvgIpc) is 3.78. The van der Waals surface area contributed by atoms with Gasteiger partial charge in [-0.15, -0.1) is 13.2 Å². The molecule has 4 heterocycles. The van der Waals surface area contributed by atoms with E-state index < -0.39 is 12.2 Å². The van der Waals surface area contributed by atoms with Gasteiger partial charge in [-0.05, 0) is 50.0 Å². The monoisotopic (exact) mass is 613 g/mol. The molecule has 230 valence electrons. The van der Waals surface area contributed by atoms with E-state index >= 15 is 0 Å². The molecule has 2 saturated carbocycles. The molecule has 2 aliphatic heterocycles. The van der Waals surface area contributed by atoms with Gasteiger partial charge in [-0.25, -0.2) is 9.67 Å². The minimum absolute atomic E-state index is 0.0547. The van der Waals surface area contributed by atoms with Crippen molar-refractivity contribution >= 4 is 23.0 Å². The summed E-state index contributed by atoms with van der Waals surface area (Å²) >= 11 is 6.51. The molecule has 14 heteroatoms. The molecule has 0 radical (unpaired) electrons. The van der Waals surface area contributed by atoms with E-state index in [-0.39, 0.29) is 28.8 Å². The van der Waals surface area contributed by atoms with E-state index in [1.165, 1.54) is 23.4 Å². The van der Waals surface area contributed by atoms with Crippen molar-refractivity contribution in [2.45, 2.75) is 56.7 Å². The van der Waals surface area contributed by atoms with Crippen LogP contribution in [0.2, 0.25) is 5.02 Å². The Balaban J connectivity index is 1.10. The maximum absolute atomic E-state index is 13.2. The fourth-order valence-electron chi connectivity index (χ4n) is 6.48. The average molecular weight is 614 g/mol. The summed E-state index contributed by atoms with van der Waals surface area (Å²) in [6, 6.07) is 2.73. The molecule has 42 heavy (non-hydrogen) atoms. The van der Waals surface area contributed by atoms with Crippen molar-refractivity contribution in [1.82, 2.24) is 14.8 Å². The first kappa shape index (κ1) is 29.5. The van der Waals surface area contributed by atoms with E-state index in [2.05, 4.69) is 25.0 Å². The van der Waals surface area contributed by atoms with Gasteiger partial charge in [-0.2, -0.15) is 5.10 Å². The van der Waals surface area contributed by atoms with Crippen LogP contribution in [0.1, 0.15) is 38.1 Å². The molecule has 0 aromatic carbocycles. The van der Waals surface area contributed by atoms with Gasteiger partial charge >= 0.3 is 6.36 Å². The number of pyridine rings is 1. The van der Waals surface area contributed by atoms with Gasteiger partial charge in [-0.3, -0.25) is 4.79 Å². The van der Waals surface area contributed by atoms with Gasteiger partial charge in [0.05, 0.1) is 62.3 Å². The summed E-state index contributed by atoms with van der Waals surface area (Å²) in [7, 11) is 0. The Morgan fingerprint density at radius 2 is 1.93 bits per heavy atom. The van der Waals surface area contributed by atoms with Gasteiger partial charge in [0.2, 0.25) is 5.88 Å². The third-order valence-electron chi connectivity index (χ3n) is 8.76. The number of ether oxygens (including phenoxy) is 4. The van der Waals surface area contributed by atoms with Crippen LogP contribution in [-0.4, -0.2) is 79.4 Å². The smallest absolute Gasteiger partial charge is 0.388 e. The third-order valence-corrected chi connectivity index (χ3v) is 9.12. The number of hydrogen-bond donors (Lipinski definition) is 1. The van der Waals surface area contributed by atoms with Crippen LogP contribution >= 0.6 is 11.6 Å². The molecule has 4 aliphatic rings. The first-order valence-electron chi connectivity index (χ1n) is 14.5. The molecule has 2 aliphatic carbocycles. The maximum Gasteiger partial charge on any atom is 0.574 e. The molecule has 1 N–H and O–H groups in total. The molecule has 4 fully saturated rings. The van der Waals surface area contributed by atoms with E-state index in [0.717, 1.165) is 26.1 Å². The highest BCUT2D eigenvalue weighted by atomic mass is 35.5. The number of halogens is 4. The SMILES string of the molecule is O=c1c(Cl)c(NC[C@@H]2COCC3C[C@H]32)cnn1C1CCC(N(C[C@@H]2COCCO2)c2ccc(OC(F)(F)F)nc2)CC1. The molecule has 2 saturated heterocycles. The second kappa shape index (κ2) is 12.6. The van der Waals surface area contributed by atoms with Crippen LogP contribution < -0.4 is 20.5 Å². The molecule has 10 nitrogen and oxygen atoms in total. The van der Waals surface area contributed by atoms with Gasteiger partial charge in [-0.1, -0.05) is 11.6 Å². The van der Waals surface area contributed by atoms with Crippen molar-refractivity contribution in [1.29, 1.82) is 0 Å². The number of rotatable bonds is 9. The Morgan fingerprint density at radius 3 is 2.64 bits per heavy atom. The van der Waals surface area contributed by atoms with Gasteiger partial charge in [0.15, 0.2) is 0 Å². The van der Waals surface area contributed by atoms with Crippen LogP contribution in [-0.2, 0) is 14.2 Å². The maximum atomic E-state index is 13.2. The lowest BCUT2D eigenvalue weighted by Gasteiger charge is -2.40. The third kappa shape index (κ3) is 6.95. The number of fused-ring (bicyclic) bond motifs is 1. The van der Waals surface area contributed by atoms with Crippen molar-refractivity contribution in [3.8, 4) is 5.88 Å². The largest absolute Gasteiger partial charge is 0.574 e. The molecular weight excluding hydrogens is 579 g/mol. The second-order valence-electron chi connectivity index (χ2n) is 11.5. The predicted molar refractivity (Wildman–Crippen MR) is 148 cm³/mol. The normalized spacial score (nSPS) is 29.4. The van der Waals surface area contributed by atoms with Gasteiger partial charge in [0, 0.05) is 37.7 Å². The van der Waals surface area contributed by atoms with Crippen molar-refractivity contribution in [2.24, 2.45) is 17.8 Å². The first-order valence-corrected chi connectivity index (χ1v) is 14.9. The summed E-state index contributed by atoms with van der Waals surface area (Å²) in [4.78, 5) is 19.2. The fourth-order valence-corrected chi connectivity index (χ4v) is 6.68. The minimum atomic E-state index is -4.81. The van der Waals surface area contributed by atoms with Crippen molar-refractivity contribution in [3.63, 3.8) is 0 Å². The lowest BCUT2D eigenvalue weighted by molar-refractivity contribution is -0.276. The summed E-state index contributed by atoms with van der Waals surface area (Å²) in [5, 5.41) is 7.93. The summed E-state index contributed by atoms with van der Waals surface area (Å²) < 4.78 is 60.4. The van der Waals surface area contributed by atoms with Crippen LogP contribution in [0.3, 0.4) is 0 Å².